The Morgan fingerprint density at radius 2 is 1.79 bits per heavy atom. The number of benzene rings is 1. The lowest BCUT2D eigenvalue weighted by Gasteiger charge is -2.27. The van der Waals surface area contributed by atoms with Crippen LogP contribution in [0.1, 0.15) is 50.5 Å². The first-order valence-electron chi connectivity index (χ1n) is 10.7. The standard InChI is InChI=1S/C23H32O5S/c24-23(25)11-7-2-1-6-10-19-20(22-13-12-21(19)28-22)15-17-29(26,27)16-14-18-8-4-3-5-9-18/h1,3-6,8-9,19-22H,2,7,10-17H2,(H,24,25)/t19-,20+,21-,22+/m1/s1. The van der Waals surface area contributed by atoms with E-state index in [1.165, 1.54) is 0 Å². The zero-order valence-corrected chi connectivity index (χ0v) is 17.7. The van der Waals surface area contributed by atoms with Crippen LogP contribution in [0.25, 0.3) is 0 Å². The van der Waals surface area contributed by atoms with Crippen molar-refractivity contribution in [2.75, 3.05) is 11.5 Å². The van der Waals surface area contributed by atoms with E-state index in [1.807, 2.05) is 30.3 Å². The summed E-state index contributed by atoms with van der Waals surface area (Å²) in [5.41, 5.74) is 1.06. The maximum absolute atomic E-state index is 12.6. The lowest BCUT2D eigenvalue weighted by Crippen LogP contribution is -2.29. The summed E-state index contributed by atoms with van der Waals surface area (Å²) in [7, 11) is -3.08. The first-order chi connectivity index (χ1) is 13.9. The molecule has 0 unspecified atom stereocenters. The molecule has 5 nitrogen and oxygen atoms in total. The van der Waals surface area contributed by atoms with E-state index >= 15 is 0 Å². The van der Waals surface area contributed by atoms with Crippen molar-refractivity contribution in [1.29, 1.82) is 0 Å². The van der Waals surface area contributed by atoms with Gasteiger partial charge >= 0.3 is 5.97 Å². The maximum Gasteiger partial charge on any atom is 0.303 e. The zero-order chi connectivity index (χ0) is 20.7. The van der Waals surface area contributed by atoms with E-state index in [-0.39, 0.29) is 30.1 Å². The van der Waals surface area contributed by atoms with Gasteiger partial charge in [0.15, 0.2) is 9.84 Å². The molecule has 2 fully saturated rings. The molecular weight excluding hydrogens is 388 g/mol. The second-order valence-electron chi connectivity index (χ2n) is 8.29. The average molecular weight is 421 g/mol. The number of hydrogen-bond donors (Lipinski definition) is 1. The van der Waals surface area contributed by atoms with Gasteiger partial charge in [-0.05, 0) is 62.3 Å². The van der Waals surface area contributed by atoms with Crippen LogP contribution in [0.5, 0.6) is 0 Å². The highest BCUT2D eigenvalue weighted by Crippen LogP contribution is 2.46. The van der Waals surface area contributed by atoms with Gasteiger partial charge in [-0.25, -0.2) is 8.42 Å². The fourth-order valence-corrected chi connectivity index (χ4v) is 6.06. The van der Waals surface area contributed by atoms with Gasteiger partial charge in [-0.15, -0.1) is 0 Å². The van der Waals surface area contributed by atoms with Crippen molar-refractivity contribution in [3.8, 4) is 0 Å². The van der Waals surface area contributed by atoms with Gasteiger partial charge < -0.3 is 9.84 Å². The highest BCUT2D eigenvalue weighted by atomic mass is 32.2. The Morgan fingerprint density at radius 3 is 2.52 bits per heavy atom. The number of allylic oxidation sites excluding steroid dienone is 2. The number of aryl methyl sites for hydroxylation is 1. The van der Waals surface area contributed by atoms with E-state index in [9.17, 15) is 13.2 Å². The Kier molecular flexibility index (Phi) is 7.90. The molecule has 0 spiro atoms. The molecule has 2 bridgehead atoms. The predicted octanol–water partition coefficient (Wildman–Crippen LogP) is 4.03. The van der Waals surface area contributed by atoms with Gasteiger partial charge in [0, 0.05) is 6.42 Å². The first kappa shape index (κ1) is 22.0. The first-order valence-corrected chi connectivity index (χ1v) is 12.5. The Balaban J connectivity index is 1.46. The van der Waals surface area contributed by atoms with Crippen molar-refractivity contribution in [2.45, 2.75) is 63.6 Å². The van der Waals surface area contributed by atoms with E-state index in [1.54, 1.807) is 0 Å². The molecule has 1 aromatic carbocycles. The molecule has 160 valence electrons. The van der Waals surface area contributed by atoms with Gasteiger partial charge in [-0.2, -0.15) is 0 Å². The maximum atomic E-state index is 12.6. The lowest BCUT2D eigenvalue weighted by atomic mass is 9.76. The summed E-state index contributed by atoms with van der Waals surface area (Å²) < 4.78 is 31.2. The van der Waals surface area contributed by atoms with Crippen molar-refractivity contribution in [2.24, 2.45) is 11.8 Å². The minimum absolute atomic E-state index is 0.199. The molecule has 3 rings (SSSR count). The van der Waals surface area contributed by atoms with Gasteiger partial charge in [0.1, 0.15) is 0 Å². The quantitative estimate of drug-likeness (QED) is 0.408. The molecule has 1 N–H and O–H groups in total. The molecule has 0 aliphatic carbocycles. The van der Waals surface area contributed by atoms with Crippen LogP contribution in [0.4, 0.5) is 0 Å². The highest BCUT2D eigenvalue weighted by molar-refractivity contribution is 7.91. The van der Waals surface area contributed by atoms with Gasteiger partial charge in [0.2, 0.25) is 0 Å². The van der Waals surface area contributed by atoms with Crippen LogP contribution in [-0.2, 0) is 25.8 Å². The molecule has 0 saturated carbocycles. The van der Waals surface area contributed by atoms with Crippen LogP contribution in [0.2, 0.25) is 0 Å². The number of carbonyl (C=O) groups is 1. The summed E-state index contributed by atoms with van der Waals surface area (Å²) in [6.45, 7) is 0. The van der Waals surface area contributed by atoms with Crippen LogP contribution < -0.4 is 0 Å². The zero-order valence-electron chi connectivity index (χ0n) is 16.9. The second-order valence-corrected chi connectivity index (χ2v) is 10.6. The minimum Gasteiger partial charge on any atom is -0.481 e. The normalized spacial score (nSPS) is 26.3. The Morgan fingerprint density at radius 1 is 1.07 bits per heavy atom. The number of hydrogen-bond acceptors (Lipinski definition) is 4. The van der Waals surface area contributed by atoms with Crippen LogP contribution >= 0.6 is 0 Å². The molecule has 2 aliphatic heterocycles. The fourth-order valence-electron chi connectivity index (χ4n) is 4.68. The number of rotatable bonds is 12. The number of ether oxygens (including phenoxy) is 1. The smallest absolute Gasteiger partial charge is 0.303 e. The van der Waals surface area contributed by atoms with E-state index < -0.39 is 15.8 Å². The molecule has 2 aliphatic rings. The molecule has 2 saturated heterocycles. The molecule has 2 heterocycles. The van der Waals surface area contributed by atoms with Crippen molar-refractivity contribution >= 4 is 15.8 Å². The predicted molar refractivity (Wildman–Crippen MR) is 114 cm³/mol. The topological polar surface area (TPSA) is 80.7 Å². The Hall–Kier alpha value is -1.66. The molecule has 0 amide bonds. The van der Waals surface area contributed by atoms with Crippen LogP contribution in [0.3, 0.4) is 0 Å². The summed E-state index contributed by atoms with van der Waals surface area (Å²) in [5.74, 6) is 0.370. The monoisotopic (exact) mass is 420 g/mol. The molecular formula is C23H32O5S. The lowest BCUT2D eigenvalue weighted by molar-refractivity contribution is -0.137. The van der Waals surface area contributed by atoms with Crippen LogP contribution in [0.15, 0.2) is 42.5 Å². The third-order valence-corrected chi connectivity index (χ3v) is 7.92. The largest absolute Gasteiger partial charge is 0.481 e. The van der Waals surface area contributed by atoms with E-state index in [4.69, 9.17) is 9.84 Å². The number of fused-ring (bicyclic) bond motifs is 2. The molecule has 29 heavy (non-hydrogen) atoms. The van der Waals surface area contributed by atoms with E-state index in [0.29, 0.717) is 31.1 Å². The number of sulfone groups is 1. The Labute approximate surface area is 174 Å². The summed E-state index contributed by atoms with van der Waals surface area (Å²) in [4.78, 5) is 10.6. The SMILES string of the molecule is O=C(O)CCCC=CC[C@@H]1[C@H](CCS(=O)(=O)CCc2ccccc2)[C@@H]2CC[C@H]1O2. The number of aliphatic carboxylic acids is 1. The minimum atomic E-state index is -3.08. The molecule has 4 atom stereocenters. The van der Waals surface area contributed by atoms with E-state index in [0.717, 1.165) is 31.2 Å². The summed E-state index contributed by atoms with van der Waals surface area (Å²) in [5, 5.41) is 8.69. The van der Waals surface area contributed by atoms with Gasteiger partial charge in [-0.3, -0.25) is 4.79 Å². The molecule has 0 radical (unpaired) electrons. The van der Waals surface area contributed by atoms with Crippen LogP contribution in [0, 0.1) is 11.8 Å². The molecule has 6 heteroatoms. The van der Waals surface area contributed by atoms with Crippen molar-refractivity contribution < 1.29 is 23.1 Å². The molecule has 0 aromatic heterocycles. The summed E-state index contributed by atoms with van der Waals surface area (Å²) in [6.07, 6.45) is 10.5. The summed E-state index contributed by atoms with van der Waals surface area (Å²) >= 11 is 0. The van der Waals surface area contributed by atoms with Gasteiger partial charge in [-0.1, -0.05) is 42.5 Å². The van der Waals surface area contributed by atoms with Crippen molar-refractivity contribution in [3.63, 3.8) is 0 Å². The molecule has 1 aromatic rings. The van der Waals surface area contributed by atoms with E-state index in [2.05, 4.69) is 12.2 Å². The Bertz CT molecular complexity index is 787. The number of unbranched alkanes of at least 4 members (excludes halogenated alkanes) is 1. The highest BCUT2D eigenvalue weighted by Gasteiger charge is 2.47. The number of carboxylic acids is 1. The average Bonchev–Trinajstić information content (AvgIpc) is 3.30. The number of carboxylic acid groups (broad SMARTS) is 1. The fraction of sp³-hybridized carbons (Fsp3) is 0.609. The van der Waals surface area contributed by atoms with Gasteiger partial charge in [0.25, 0.3) is 0 Å². The van der Waals surface area contributed by atoms with Crippen molar-refractivity contribution in [1.82, 2.24) is 0 Å². The second kappa shape index (κ2) is 10.4. The summed E-state index contributed by atoms with van der Waals surface area (Å²) in [6, 6.07) is 9.76. The van der Waals surface area contributed by atoms with Crippen molar-refractivity contribution in [3.05, 3.63) is 48.0 Å². The third kappa shape index (κ3) is 6.68. The van der Waals surface area contributed by atoms with Gasteiger partial charge in [0.05, 0.1) is 23.7 Å². The third-order valence-electron chi connectivity index (χ3n) is 6.23. The van der Waals surface area contributed by atoms with Crippen LogP contribution in [-0.4, -0.2) is 43.2 Å².